The number of aromatic nitrogens is 1. The molecule has 1 saturated heterocycles. The fourth-order valence-electron chi connectivity index (χ4n) is 3.35. The average molecular weight is 374 g/mol. The van der Waals surface area contributed by atoms with Gasteiger partial charge in [-0.1, -0.05) is 17.7 Å². The zero-order chi connectivity index (χ0) is 18.8. The summed E-state index contributed by atoms with van der Waals surface area (Å²) in [6.07, 6.45) is 0.412. The fraction of sp³-hybridized carbons (Fsp3) is 0.400. The number of amides is 2. The fourth-order valence-corrected chi connectivity index (χ4v) is 3.54. The largest absolute Gasteiger partial charge is 0.352 e. The average Bonchev–Trinajstić information content (AvgIpc) is 2.88. The molecule has 0 saturated carbocycles. The minimum absolute atomic E-state index is 0.0332. The molecule has 0 unspecified atom stereocenters. The predicted molar refractivity (Wildman–Crippen MR) is 103 cm³/mol. The summed E-state index contributed by atoms with van der Waals surface area (Å²) in [5, 5.41) is 0.554. The SMILES string of the molecule is Cc1cc(CC(=O)N2CCN(C(=O)c3cccc(Cl)c3)CC2)c(C)n1C. The molecule has 0 aliphatic carbocycles. The molecule has 1 aromatic carbocycles. The number of rotatable bonds is 3. The van der Waals surface area contributed by atoms with Gasteiger partial charge in [0.1, 0.15) is 0 Å². The Morgan fingerprint density at radius 1 is 1.04 bits per heavy atom. The molecule has 2 heterocycles. The van der Waals surface area contributed by atoms with E-state index in [1.54, 1.807) is 29.2 Å². The Balaban J connectivity index is 1.58. The van der Waals surface area contributed by atoms with Crippen molar-refractivity contribution in [2.24, 2.45) is 7.05 Å². The first kappa shape index (κ1) is 18.5. The van der Waals surface area contributed by atoms with Crippen LogP contribution < -0.4 is 0 Å². The highest BCUT2D eigenvalue weighted by atomic mass is 35.5. The molecule has 0 N–H and O–H groups in total. The van der Waals surface area contributed by atoms with E-state index in [4.69, 9.17) is 11.6 Å². The van der Waals surface area contributed by atoms with Crippen molar-refractivity contribution in [1.82, 2.24) is 14.4 Å². The van der Waals surface area contributed by atoms with Crippen LogP contribution in [0.4, 0.5) is 0 Å². The van der Waals surface area contributed by atoms with Crippen LogP contribution in [0.1, 0.15) is 27.3 Å². The normalized spacial score (nSPS) is 14.6. The molecule has 0 radical (unpaired) electrons. The third-order valence-electron chi connectivity index (χ3n) is 5.21. The summed E-state index contributed by atoms with van der Waals surface area (Å²) < 4.78 is 2.10. The molecule has 5 nitrogen and oxygen atoms in total. The van der Waals surface area contributed by atoms with E-state index < -0.39 is 0 Å². The van der Waals surface area contributed by atoms with Crippen molar-refractivity contribution in [3.8, 4) is 0 Å². The monoisotopic (exact) mass is 373 g/mol. The van der Waals surface area contributed by atoms with Crippen LogP contribution in [0.3, 0.4) is 0 Å². The first-order valence-corrected chi connectivity index (χ1v) is 9.19. The number of halogens is 1. The lowest BCUT2D eigenvalue weighted by Gasteiger charge is -2.35. The van der Waals surface area contributed by atoms with Crippen molar-refractivity contribution in [2.45, 2.75) is 20.3 Å². The molecular formula is C20H24ClN3O2. The number of aryl methyl sites for hydroxylation is 1. The number of hydrogen-bond acceptors (Lipinski definition) is 2. The van der Waals surface area contributed by atoms with Gasteiger partial charge in [0.25, 0.3) is 5.91 Å². The summed E-state index contributed by atoms with van der Waals surface area (Å²) in [5.74, 6) is 0.0858. The summed E-state index contributed by atoms with van der Waals surface area (Å²) >= 11 is 5.97. The highest BCUT2D eigenvalue weighted by Crippen LogP contribution is 2.17. The molecule has 1 aliphatic rings. The number of carbonyl (C=O) groups is 2. The predicted octanol–water partition coefficient (Wildman–Crippen LogP) is 2.82. The summed E-state index contributed by atoms with van der Waals surface area (Å²) in [6, 6.07) is 9.06. The smallest absolute Gasteiger partial charge is 0.254 e. The third-order valence-corrected chi connectivity index (χ3v) is 5.45. The van der Waals surface area contributed by atoms with Crippen molar-refractivity contribution >= 4 is 23.4 Å². The Labute approximate surface area is 159 Å². The molecular weight excluding hydrogens is 350 g/mol. The lowest BCUT2D eigenvalue weighted by molar-refractivity contribution is -0.131. The van der Waals surface area contributed by atoms with Gasteiger partial charge in [0.15, 0.2) is 0 Å². The van der Waals surface area contributed by atoms with Gasteiger partial charge in [0.05, 0.1) is 6.42 Å². The summed E-state index contributed by atoms with van der Waals surface area (Å²) in [5.41, 5.74) is 3.95. The van der Waals surface area contributed by atoms with E-state index in [1.807, 2.05) is 25.8 Å². The van der Waals surface area contributed by atoms with Crippen LogP contribution in [-0.2, 0) is 18.3 Å². The second-order valence-corrected chi connectivity index (χ2v) is 7.25. The van der Waals surface area contributed by atoms with Crippen LogP contribution in [0, 0.1) is 13.8 Å². The number of benzene rings is 1. The van der Waals surface area contributed by atoms with Gasteiger partial charge in [-0.25, -0.2) is 0 Å². The first-order valence-electron chi connectivity index (χ1n) is 8.81. The first-order chi connectivity index (χ1) is 12.4. The van der Waals surface area contributed by atoms with Crippen molar-refractivity contribution < 1.29 is 9.59 Å². The van der Waals surface area contributed by atoms with E-state index in [0.717, 1.165) is 17.0 Å². The zero-order valence-electron chi connectivity index (χ0n) is 15.5. The van der Waals surface area contributed by atoms with Crippen LogP contribution in [0.25, 0.3) is 0 Å². The summed E-state index contributed by atoms with van der Waals surface area (Å²) in [7, 11) is 2.01. The Hall–Kier alpha value is -2.27. The second-order valence-electron chi connectivity index (χ2n) is 6.82. The van der Waals surface area contributed by atoms with Crippen molar-refractivity contribution in [3.05, 3.63) is 57.9 Å². The van der Waals surface area contributed by atoms with Crippen LogP contribution >= 0.6 is 11.6 Å². The van der Waals surface area contributed by atoms with Crippen LogP contribution in [0.5, 0.6) is 0 Å². The van der Waals surface area contributed by atoms with Gasteiger partial charge < -0.3 is 14.4 Å². The maximum absolute atomic E-state index is 12.6. The second kappa shape index (κ2) is 7.54. The van der Waals surface area contributed by atoms with E-state index in [0.29, 0.717) is 43.2 Å². The van der Waals surface area contributed by atoms with Gasteiger partial charge in [-0.15, -0.1) is 0 Å². The number of piperazine rings is 1. The van der Waals surface area contributed by atoms with E-state index >= 15 is 0 Å². The highest BCUT2D eigenvalue weighted by Gasteiger charge is 2.25. The minimum atomic E-state index is -0.0332. The van der Waals surface area contributed by atoms with Crippen LogP contribution in [0.15, 0.2) is 30.3 Å². The van der Waals surface area contributed by atoms with Crippen molar-refractivity contribution in [3.63, 3.8) is 0 Å². The standard InChI is InChI=1S/C20H24ClN3O2/c1-14-11-17(15(2)22(14)3)13-19(25)23-7-9-24(10-8-23)20(26)16-5-4-6-18(21)12-16/h4-6,11-12H,7-10,13H2,1-3H3. The van der Waals surface area contributed by atoms with Crippen LogP contribution in [-0.4, -0.2) is 52.4 Å². The van der Waals surface area contributed by atoms with Gasteiger partial charge >= 0.3 is 0 Å². The number of carbonyl (C=O) groups excluding carboxylic acids is 2. The molecule has 26 heavy (non-hydrogen) atoms. The van der Waals surface area contributed by atoms with Gasteiger partial charge in [-0.2, -0.15) is 0 Å². The third kappa shape index (κ3) is 3.78. The Morgan fingerprint density at radius 2 is 1.69 bits per heavy atom. The minimum Gasteiger partial charge on any atom is -0.352 e. The van der Waals surface area contributed by atoms with Gasteiger partial charge in [-0.05, 0) is 43.7 Å². The Kier molecular flexibility index (Phi) is 5.37. The van der Waals surface area contributed by atoms with Gasteiger partial charge in [0.2, 0.25) is 5.91 Å². The molecule has 138 valence electrons. The molecule has 2 amide bonds. The Morgan fingerprint density at radius 3 is 2.27 bits per heavy atom. The molecule has 0 bridgehead atoms. The van der Waals surface area contributed by atoms with E-state index in [9.17, 15) is 9.59 Å². The number of hydrogen-bond donors (Lipinski definition) is 0. The van der Waals surface area contributed by atoms with E-state index in [1.165, 1.54) is 0 Å². The van der Waals surface area contributed by atoms with E-state index in [-0.39, 0.29) is 11.8 Å². The van der Waals surface area contributed by atoms with Gasteiger partial charge in [-0.3, -0.25) is 9.59 Å². The van der Waals surface area contributed by atoms with Crippen molar-refractivity contribution in [1.29, 1.82) is 0 Å². The maximum atomic E-state index is 12.6. The summed E-state index contributed by atoms with van der Waals surface area (Å²) in [4.78, 5) is 28.8. The molecule has 3 rings (SSSR count). The topological polar surface area (TPSA) is 45.6 Å². The summed E-state index contributed by atoms with van der Waals surface area (Å²) in [6.45, 7) is 6.30. The molecule has 2 aromatic rings. The van der Waals surface area contributed by atoms with Crippen LogP contribution in [0.2, 0.25) is 5.02 Å². The van der Waals surface area contributed by atoms with E-state index in [2.05, 4.69) is 10.6 Å². The molecule has 0 atom stereocenters. The highest BCUT2D eigenvalue weighted by molar-refractivity contribution is 6.30. The molecule has 6 heteroatoms. The number of nitrogens with zero attached hydrogens (tertiary/aromatic N) is 3. The van der Waals surface area contributed by atoms with Crippen molar-refractivity contribution in [2.75, 3.05) is 26.2 Å². The lowest BCUT2D eigenvalue weighted by atomic mass is 10.1. The van der Waals surface area contributed by atoms with Gasteiger partial charge in [0, 0.05) is 55.2 Å². The molecule has 1 aliphatic heterocycles. The maximum Gasteiger partial charge on any atom is 0.254 e. The lowest BCUT2D eigenvalue weighted by Crippen LogP contribution is -2.51. The molecule has 1 aromatic heterocycles. The zero-order valence-corrected chi connectivity index (χ0v) is 16.2. The Bertz CT molecular complexity index is 836. The molecule has 1 fully saturated rings. The molecule has 0 spiro atoms. The quantitative estimate of drug-likeness (QED) is 0.830.